The van der Waals surface area contributed by atoms with Crippen molar-refractivity contribution in [1.82, 2.24) is 0 Å². The molecule has 0 unspecified atom stereocenters. The van der Waals surface area contributed by atoms with Gasteiger partial charge in [0, 0.05) is 0 Å². The molecule has 0 saturated carbocycles. The van der Waals surface area contributed by atoms with Gasteiger partial charge < -0.3 is 0 Å². The van der Waals surface area contributed by atoms with Gasteiger partial charge in [-0.05, 0) is 12.8 Å². The van der Waals surface area contributed by atoms with Crippen LogP contribution in [0.5, 0.6) is 0 Å². The summed E-state index contributed by atoms with van der Waals surface area (Å²) < 4.78 is 0. The van der Waals surface area contributed by atoms with E-state index in [0.717, 1.165) is 6.42 Å². The van der Waals surface area contributed by atoms with Crippen LogP contribution in [0.15, 0.2) is 24.8 Å². The SMILES string of the molecule is [CH2]CCCCCCCCCC/C=C/C=C. The van der Waals surface area contributed by atoms with Crippen LogP contribution < -0.4 is 0 Å². The molecule has 0 heteroatoms. The second-order valence-electron chi connectivity index (χ2n) is 4.13. The fraction of sp³-hybridized carbons (Fsp3) is 0.667. The van der Waals surface area contributed by atoms with Crippen molar-refractivity contribution in [2.45, 2.75) is 64.2 Å². The van der Waals surface area contributed by atoms with Crippen molar-refractivity contribution in [2.75, 3.05) is 0 Å². The second-order valence-corrected chi connectivity index (χ2v) is 4.13. The lowest BCUT2D eigenvalue weighted by atomic mass is 10.1. The van der Waals surface area contributed by atoms with Crippen molar-refractivity contribution < 1.29 is 0 Å². The summed E-state index contributed by atoms with van der Waals surface area (Å²) >= 11 is 0. The molecule has 1 radical (unpaired) electrons. The minimum Gasteiger partial charge on any atom is -0.0991 e. The fourth-order valence-electron chi connectivity index (χ4n) is 1.69. The zero-order chi connectivity index (χ0) is 11.2. The van der Waals surface area contributed by atoms with Crippen LogP contribution in [-0.4, -0.2) is 0 Å². The van der Waals surface area contributed by atoms with Crippen LogP contribution >= 0.6 is 0 Å². The van der Waals surface area contributed by atoms with Crippen LogP contribution in [-0.2, 0) is 0 Å². The molecule has 0 N–H and O–H groups in total. The maximum Gasteiger partial charge on any atom is -0.0348 e. The molecule has 0 atom stereocenters. The molecule has 0 fully saturated rings. The van der Waals surface area contributed by atoms with Gasteiger partial charge in [-0.25, -0.2) is 0 Å². The number of hydrogen-bond donors (Lipinski definition) is 0. The van der Waals surface area contributed by atoms with Crippen molar-refractivity contribution in [3.05, 3.63) is 31.7 Å². The fourth-order valence-corrected chi connectivity index (χ4v) is 1.69. The standard InChI is InChI=1S/C15H27/c1-3-5-7-9-11-13-15-14-12-10-8-6-4-2/h3,5,7H,1-2,4,6,8-15H2/b7-5+. The Balaban J connectivity index is 2.92. The van der Waals surface area contributed by atoms with Crippen LogP contribution in [0.1, 0.15) is 64.2 Å². The minimum absolute atomic E-state index is 1.11. The Kier molecular flexibility index (Phi) is 13.0. The highest BCUT2D eigenvalue weighted by Gasteiger charge is 1.90. The number of rotatable bonds is 11. The van der Waals surface area contributed by atoms with Gasteiger partial charge in [-0.2, -0.15) is 0 Å². The highest BCUT2D eigenvalue weighted by atomic mass is 14.0. The molecule has 0 aromatic heterocycles. The summed E-state index contributed by atoms with van der Waals surface area (Å²) in [6, 6.07) is 0. The van der Waals surface area contributed by atoms with E-state index in [0.29, 0.717) is 0 Å². The Labute approximate surface area is 96.5 Å². The molecule has 0 nitrogen and oxygen atoms in total. The lowest BCUT2D eigenvalue weighted by Gasteiger charge is -2.00. The molecule has 15 heavy (non-hydrogen) atoms. The van der Waals surface area contributed by atoms with E-state index < -0.39 is 0 Å². The van der Waals surface area contributed by atoms with Gasteiger partial charge in [0.15, 0.2) is 0 Å². The van der Waals surface area contributed by atoms with Gasteiger partial charge in [0.2, 0.25) is 0 Å². The summed E-state index contributed by atoms with van der Waals surface area (Å²) in [5, 5.41) is 0. The summed E-state index contributed by atoms with van der Waals surface area (Å²) in [5.41, 5.74) is 0. The lowest BCUT2D eigenvalue weighted by Crippen LogP contribution is -1.80. The molecular formula is C15H27. The van der Waals surface area contributed by atoms with E-state index in [2.05, 4.69) is 19.6 Å². The van der Waals surface area contributed by atoms with Gasteiger partial charge in [0.1, 0.15) is 0 Å². The number of unbranched alkanes of at least 4 members (excludes halogenated alkanes) is 9. The quantitative estimate of drug-likeness (QED) is 0.311. The largest absolute Gasteiger partial charge is 0.0991 e. The van der Waals surface area contributed by atoms with Crippen LogP contribution in [0, 0.1) is 6.92 Å². The Morgan fingerprint density at radius 2 is 1.27 bits per heavy atom. The van der Waals surface area contributed by atoms with Crippen LogP contribution in [0.25, 0.3) is 0 Å². The molecule has 0 aromatic rings. The molecule has 0 rings (SSSR count). The zero-order valence-corrected chi connectivity index (χ0v) is 10.2. The topological polar surface area (TPSA) is 0 Å². The smallest absolute Gasteiger partial charge is 0.0348 e. The van der Waals surface area contributed by atoms with Gasteiger partial charge in [-0.15, -0.1) is 0 Å². The van der Waals surface area contributed by atoms with Gasteiger partial charge in [0.05, 0.1) is 0 Å². The van der Waals surface area contributed by atoms with E-state index in [9.17, 15) is 0 Å². The third kappa shape index (κ3) is 13.5. The third-order valence-corrected chi connectivity index (χ3v) is 2.64. The highest BCUT2D eigenvalue weighted by Crippen LogP contribution is 2.10. The average molecular weight is 207 g/mol. The zero-order valence-electron chi connectivity index (χ0n) is 10.2. The normalized spacial score (nSPS) is 11.0. The minimum atomic E-state index is 1.11. The first-order chi connectivity index (χ1) is 7.41. The Morgan fingerprint density at radius 1 is 0.733 bits per heavy atom. The van der Waals surface area contributed by atoms with E-state index in [-0.39, 0.29) is 0 Å². The van der Waals surface area contributed by atoms with Gasteiger partial charge >= 0.3 is 0 Å². The number of allylic oxidation sites excluding steroid dienone is 3. The van der Waals surface area contributed by atoms with E-state index >= 15 is 0 Å². The maximum absolute atomic E-state index is 3.86. The second kappa shape index (κ2) is 13.5. The molecule has 0 amide bonds. The van der Waals surface area contributed by atoms with Crippen LogP contribution in [0.4, 0.5) is 0 Å². The summed E-state index contributed by atoms with van der Waals surface area (Å²) in [6.45, 7) is 7.51. The Morgan fingerprint density at radius 3 is 1.80 bits per heavy atom. The van der Waals surface area contributed by atoms with Crippen molar-refractivity contribution in [3.63, 3.8) is 0 Å². The molecule has 0 heterocycles. The van der Waals surface area contributed by atoms with Crippen molar-refractivity contribution in [3.8, 4) is 0 Å². The van der Waals surface area contributed by atoms with Crippen LogP contribution in [0.3, 0.4) is 0 Å². The van der Waals surface area contributed by atoms with E-state index in [1.165, 1.54) is 57.8 Å². The molecule has 0 aromatic carbocycles. The molecule has 0 spiro atoms. The Bertz CT molecular complexity index is 144. The van der Waals surface area contributed by atoms with Crippen molar-refractivity contribution >= 4 is 0 Å². The number of hydrogen-bond acceptors (Lipinski definition) is 0. The highest BCUT2D eigenvalue weighted by molar-refractivity contribution is 4.96. The summed E-state index contributed by atoms with van der Waals surface area (Å²) in [7, 11) is 0. The molecule has 0 aliphatic carbocycles. The third-order valence-electron chi connectivity index (χ3n) is 2.64. The lowest BCUT2D eigenvalue weighted by molar-refractivity contribution is 0.571. The van der Waals surface area contributed by atoms with Gasteiger partial charge in [-0.3, -0.25) is 0 Å². The molecule has 0 saturated heterocycles. The summed E-state index contributed by atoms with van der Waals surface area (Å²) in [5.74, 6) is 0. The first-order valence-electron chi connectivity index (χ1n) is 6.48. The van der Waals surface area contributed by atoms with Gasteiger partial charge in [0.25, 0.3) is 0 Å². The van der Waals surface area contributed by atoms with Crippen LogP contribution in [0.2, 0.25) is 0 Å². The monoisotopic (exact) mass is 207 g/mol. The van der Waals surface area contributed by atoms with E-state index in [4.69, 9.17) is 0 Å². The average Bonchev–Trinajstić information content (AvgIpc) is 2.26. The van der Waals surface area contributed by atoms with Gasteiger partial charge in [-0.1, -0.05) is 83.1 Å². The Hall–Kier alpha value is -0.520. The summed E-state index contributed by atoms with van der Waals surface area (Å²) in [4.78, 5) is 0. The van der Waals surface area contributed by atoms with E-state index in [1.807, 2.05) is 12.2 Å². The molecular weight excluding hydrogens is 180 g/mol. The van der Waals surface area contributed by atoms with Crippen molar-refractivity contribution in [1.29, 1.82) is 0 Å². The first kappa shape index (κ1) is 14.5. The molecule has 0 aliphatic heterocycles. The first-order valence-corrected chi connectivity index (χ1v) is 6.48. The molecule has 0 bridgehead atoms. The summed E-state index contributed by atoms with van der Waals surface area (Å²) in [6.07, 6.45) is 19.5. The van der Waals surface area contributed by atoms with E-state index in [1.54, 1.807) is 0 Å². The van der Waals surface area contributed by atoms with Crippen molar-refractivity contribution in [2.24, 2.45) is 0 Å². The predicted octanol–water partition coefficient (Wildman–Crippen LogP) is 5.46. The predicted molar refractivity (Wildman–Crippen MR) is 70.9 cm³/mol. The molecule has 0 aliphatic rings. The maximum atomic E-state index is 3.86. The molecule has 87 valence electrons.